The molecule has 3 aliphatic carbocycles. The Labute approximate surface area is 257 Å². The number of aliphatic carboxylic acids is 1. The predicted octanol–water partition coefficient (Wildman–Crippen LogP) is 1.54. The fraction of sp³-hybridized carbons (Fsp3) is 0.633. The summed E-state index contributed by atoms with van der Waals surface area (Å²) < 4.78 is 46.7. The summed E-state index contributed by atoms with van der Waals surface area (Å²) in [6.07, 6.45) is 0.749. The minimum atomic E-state index is -4.08. The van der Waals surface area contributed by atoms with E-state index in [-0.39, 0.29) is 24.3 Å². The van der Waals surface area contributed by atoms with Gasteiger partial charge in [-0.15, -0.1) is 6.58 Å². The van der Waals surface area contributed by atoms with Gasteiger partial charge in [-0.25, -0.2) is 21.9 Å². The van der Waals surface area contributed by atoms with E-state index in [4.69, 9.17) is 4.74 Å². The number of Topliss-reactive ketones (excluding diaryl/α,β-unsaturated/α-hetero) is 1. The van der Waals surface area contributed by atoms with Crippen LogP contribution in [0.1, 0.15) is 58.9 Å². The zero-order valence-electron chi connectivity index (χ0n) is 25.5. The topological polar surface area (TPSA) is 174 Å². The fourth-order valence-electron chi connectivity index (χ4n) is 8.96. The average Bonchev–Trinajstić information content (AvgIpc) is 3.22. The first-order chi connectivity index (χ1) is 20.3. The maximum absolute atomic E-state index is 16.1. The average molecular weight is 635 g/mol. The number of sulfonamides is 1. The number of carbonyl (C=O) groups excluding carboxylic acids is 1. The monoisotopic (exact) mass is 634 g/mol. The number of carboxylic acid groups (broad SMARTS) is 1. The number of hydrogen-bond acceptors (Lipinski definition) is 9. The van der Waals surface area contributed by atoms with Crippen LogP contribution in [-0.2, 0) is 19.6 Å². The minimum Gasteiger partial charge on any atom is -0.478 e. The standard InChI is InChI=1S/C30H40BFN2O9S/c1-7-28(4)12-18(29(5)15(2)10-11-30(16(3)26(28)37)13-19(35)23(36)25(29)30)24(27(38)39)43-20-9-8-17-14-33-34(44(6,41)42)31(40)21(17)22(20)32/h7-9,14-16,18-19,24-26,35,37,40H,1,10-13H2,2-6H3,(H,38,39)/t15-,16+,18+,19?,24?,25+,26+,28-,29-,30+/m1/s1. The third-order valence-corrected chi connectivity index (χ3v) is 12.6. The highest BCUT2D eigenvalue weighted by Gasteiger charge is 2.70. The van der Waals surface area contributed by atoms with Gasteiger partial charge in [-0.1, -0.05) is 33.8 Å². The van der Waals surface area contributed by atoms with Gasteiger partial charge in [-0.2, -0.15) is 5.10 Å². The molecule has 10 atom stereocenters. The zero-order chi connectivity index (χ0) is 32.7. The molecule has 1 aliphatic heterocycles. The van der Waals surface area contributed by atoms with E-state index in [0.29, 0.717) is 17.2 Å². The lowest BCUT2D eigenvalue weighted by atomic mass is 9.41. The van der Waals surface area contributed by atoms with Gasteiger partial charge < -0.3 is 25.1 Å². The van der Waals surface area contributed by atoms with E-state index in [1.807, 2.05) is 20.8 Å². The predicted molar refractivity (Wildman–Crippen MR) is 160 cm³/mol. The van der Waals surface area contributed by atoms with E-state index in [0.717, 1.165) is 12.5 Å². The lowest BCUT2D eigenvalue weighted by Gasteiger charge is -2.62. The van der Waals surface area contributed by atoms with E-state index in [9.17, 15) is 38.4 Å². The van der Waals surface area contributed by atoms with Crippen molar-refractivity contribution in [2.75, 3.05) is 6.26 Å². The van der Waals surface area contributed by atoms with Crippen molar-refractivity contribution in [3.63, 3.8) is 0 Å². The first kappa shape index (κ1) is 32.6. The Morgan fingerprint density at radius 2 is 1.93 bits per heavy atom. The van der Waals surface area contributed by atoms with Gasteiger partial charge in [0.2, 0.25) is 10.0 Å². The second-order valence-corrected chi connectivity index (χ2v) is 15.6. The molecule has 4 N–H and O–H groups in total. The number of halogens is 1. The fourth-order valence-corrected chi connectivity index (χ4v) is 9.64. The number of ketones is 1. The third-order valence-electron chi connectivity index (χ3n) is 11.6. The normalized spacial score (nSPS) is 39.2. The van der Waals surface area contributed by atoms with Gasteiger partial charge in [0.15, 0.2) is 23.5 Å². The molecule has 1 heterocycles. The number of carboxylic acids is 1. The van der Waals surface area contributed by atoms with Crippen LogP contribution in [0.15, 0.2) is 29.9 Å². The molecule has 0 amide bonds. The molecule has 3 fully saturated rings. The third kappa shape index (κ3) is 4.54. The van der Waals surface area contributed by atoms with E-state index in [1.54, 1.807) is 13.0 Å². The van der Waals surface area contributed by atoms with Crippen LogP contribution in [0.3, 0.4) is 0 Å². The summed E-state index contributed by atoms with van der Waals surface area (Å²) in [5.74, 6) is -5.92. The molecule has 0 aromatic heterocycles. The summed E-state index contributed by atoms with van der Waals surface area (Å²) in [4.78, 5) is 26.9. The highest BCUT2D eigenvalue weighted by molar-refractivity contribution is 7.89. The number of nitrogens with zero attached hydrogens (tertiary/aromatic N) is 2. The molecule has 240 valence electrons. The molecule has 1 aromatic carbocycles. The number of hydrazone groups is 1. The number of aliphatic hydroxyl groups excluding tert-OH is 2. The highest BCUT2D eigenvalue weighted by atomic mass is 32.2. The second-order valence-electron chi connectivity index (χ2n) is 13.8. The summed E-state index contributed by atoms with van der Waals surface area (Å²) in [7, 11) is -6.10. The highest BCUT2D eigenvalue weighted by Crippen LogP contribution is 2.69. The van der Waals surface area contributed by atoms with Gasteiger partial charge in [0.1, 0.15) is 6.10 Å². The Bertz CT molecular complexity index is 1540. The van der Waals surface area contributed by atoms with Crippen LogP contribution >= 0.6 is 0 Å². The van der Waals surface area contributed by atoms with Crippen molar-refractivity contribution < 1.29 is 47.5 Å². The number of benzene rings is 1. The van der Waals surface area contributed by atoms with Gasteiger partial charge in [0.25, 0.3) is 0 Å². The molecule has 4 aliphatic rings. The number of hydrogen-bond donors (Lipinski definition) is 4. The van der Waals surface area contributed by atoms with Gasteiger partial charge >= 0.3 is 13.0 Å². The van der Waals surface area contributed by atoms with Crippen LogP contribution < -0.4 is 10.2 Å². The quantitative estimate of drug-likeness (QED) is 0.267. The summed E-state index contributed by atoms with van der Waals surface area (Å²) >= 11 is 0. The Kier molecular flexibility index (Phi) is 7.88. The molecular formula is C30H40BFN2O9S. The summed E-state index contributed by atoms with van der Waals surface area (Å²) in [5, 5.41) is 47.8. The van der Waals surface area contributed by atoms with Crippen LogP contribution in [0.5, 0.6) is 5.75 Å². The maximum Gasteiger partial charge on any atom is 0.487 e. The van der Waals surface area contributed by atoms with Gasteiger partial charge in [-0.3, -0.25) is 4.79 Å². The van der Waals surface area contributed by atoms with Crippen molar-refractivity contribution in [3.05, 3.63) is 36.2 Å². The molecule has 5 rings (SSSR count). The van der Waals surface area contributed by atoms with Crippen molar-refractivity contribution in [2.24, 2.45) is 45.0 Å². The van der Waals surface area contributed by atoms with Crippen molar-refractivity contribution >= 4 is 40.5 Å². The van der Waals surface area contributed by atoms with Crippen molar-refractivity contribution in [1.82, 2.24) is 4.33 Å². The summed E-state index contributed by atoms with van der Waals surface area (Å²) in [6, 6.07) is 2.52. The van der Waals surface area contributed by atoms with Crippen LogP contribution in [0.2, 0.25) is 0 Å². The molecule has 2 unspecified atom stereocenters. The van der Waals surface area contributed by atoms with Crippen LogP contribution in [-0.4, -0.2) is 82.7 Å². The van der Waals surface area contributed by atoms with Gasteiger partial charge in [-0.05, 0) is 66.0 Å². The van der Waals surface area contributed by atoms with Crippen LogP contribution in [0.4, 0.5) is 4.39 Å². The SMILES string of the molecule is C=C[C@]1(C)C[C@@H](C(Oc2ccc3c(c2F)B(O)N(S(C)(=O)=O)N=C3)C(=O)O)[C@@]2(C)[C@H](C)CC[C@]3(CC(O)C(=O)[C@H]32)[C@@H](C)[C@@H]1O. The molecule has 44 heavy (non-hydrogen) atoms. The number of aliphatic hydroxyl groups is 2. The van der Waals surface area contributed by atoms with Crippen LogP contribution in [0.25, 0.3) is 0 Å². The van der Waals surface area contributed by atoms with Crippen molar-refractivity contribution in [1.29, 1.82) is 0 Å². The van der Waals surface area contributed by atoms with E-state index in [1.165, 1.54) is 12.1 Å². The smallest absolute Gasteiger partial charge is 0.478 e. The maximum atomic E-state index is 16.1. The number of ether oxygens (including phenoxy) is 1. The molecule has 3 saturated carbocycles. The Morgan fingerprint density at radius 3 is 2.52 bits per heavy atom. The first-order valence-corrected chi connectivity index (χ1v) is 16.7. The van der Waals surface area contributed by atoms with Gasteiger partial charge in [0, 0.05) is 22.7 Å². The van der Waals surface area contributed by atoms with E-state index < -0.39 is 98.2 Å². The molecule has 0 saturated heterocycles. The van der Waals surface area contributed by atoms with Gasteiger partial charge in [0.05, 0.1) is 18.6 Å². The molecule has 14 heteroatoms. The Morgan fingerprint density at radius 1 is 1.27 bits per heavy atom. The van der Waals surface area contributed by atoms with Crippen LogP contribution in [0, 0.1) is 45.7 Å². The summed E-state index contributed by atoms with van der Waals surface area (Å²) in [6.45, 7) is 11.4. The Balaban J connectivity index is 1.67. The Hall–Kier alpha value is -2.81. The molecule has 0 spiro atoms. The molecule has 1 aromatic rings. The molecule has 11 nitrogen and oxygen atoms in total. The lowest BCUT2D eigenvalue weighted by Crippen LogP contribution is -2.63. The molecule has 2 bridgehead atoms. The first-order valence-electron chi connectivity index (χ1n) is 14.8. The lowest BCUT2D eigenvalue weighted by molar-refractivity contribution is -0.193. The number of rotatable bonds is 6. The molecular weight excluding hydrogens is 594 g/mol. The minimum absolute atomic E-state index is 0.0272. The number of carbonyl (C=O) groups is 2. The van der Waals surface area contributed by atoms with E-state index in [2.05, 4.69) is 11.7 Å². The number of fused-ring (bicyclic) bond motifs is 1. The summed E-state index contributed by atoms with van der Waals surface area (Å²) in [5.41, 5.74) is -3.27. The zero-order valence-corrected chi connectivity index (χ0v) is 26.3. The van der Waals surface area contributed by atoms with Crippen molar-refractivity contribution in [3.8, 4) is 5.75 Å². The molecule has 0 radical (unpaired) electrons. The van der Waals surface area contributed by atoms with Crippen molar-refractivity contribution in [2.45, 2.75) is 71.7 Å². The second kappa shape index (κ2) is 10.6. The largest absolute Gasteiger partial charge is 0.487 e. The van der Waals surface area contributed by atoms with E-state index >= 15 is 4.39 Å².